The molecule has 0 fully saturated rings. The van der Waals surface area contributed by atoms with Crippen LogP contribution in [0.3, 0.4) is 0 Å². The minimum absolute atomic E-state index is 0.708. The maximum atomic E-state index is 3.76. The van der Waals surface area contributed by atoms with E-state index in [1.54, 1.807) is 0 Å². The summed E-state index contributed by atoms with van der Waals surface area (Å²) in [4.78, 5) is 0. The molecular weight excluding hydrogens is 116 g/mol. The summed E-state index contributed by atoms with van der Waals surface area (Å²) >= 11 is 0. The Hall–Kier alpha value is -0.640. The van der Waals surface area contributed by atoms with Gasteiger partial charge in [0.1, 0.15) is 6.67 Å². The van der Waals surface area contributed by atoms with E-state index in [1.165, 1.54) is 12.8 Å². The molecule has 0 aliphatic carbocycles. The van der Waals surface area contributed by atoms with E-state index in [4.69, 9.17) is 0 Å². The van der Waals surface area contributed by atoms with Crippen molar-refractivity contribution < 1.29 is 0 Å². The smallest absolute Gasteiger partial charge is 0.133 e. The minimum Gasteiger partial charge on any atom is -0.220 e. The predicted molar refractivity (Wildman–Crippen MR) is 34.5 cm³/mol. The molecule has 1 rings (SSSR count). The number of nitrogens with zero attached hydrogens (tertiary/aromatic N) is 3. The van der Waals surface area contributed by atoms with Crippen LogP contribution in [0.4, 0.5) is 0 Å². The monoisotopic (exact) mass is 128 g/mol. The second kappa shape index (κ2) is 3.40. The zero-order chi connectivity index (χ0) is 6.53. The maximum Gasteiger partial charge on any atom is 0.133 e. The second-order valence-electron chi connectivity index (χ2n) is 2.10. The molecule has 52 valence electrons. The van der Waals surface area contributed by atoms with E-state index >= 15 is 0 Å². The van der Waals surface area contributed by atoms with Gasteiger partial charge in [-0.2, -0.15) is 10.1 Å². The Bertz CT molecular complexity index is 93.1. The Kier molecular flexibility index (Phi) is 2.45. The third kappa shape index (κ3) is 1.97. The van der Waals surface area contributed by atoms with E-state index in [1.807, 2.05) is 5.01 Å². The molecular formula is C5H12N4. The van der Waals surface area contributed by atoms with Crippen LogP contribution in [-0.4, -0.2) is 18.2 Å². The zero-order valence-corrected chi connectivity index (χ0v) is 5.67. The fraction of sp³-hybridized carbons (Fsp3) is 1.00. The summed E-state index contributed by atoms with van der Waals surface area (Å²) in [6.07, 6.45) is 2.43. The van der Waals surface area contributed by atoms with Gasteiger partial charge in [0, 0.05) is 6.54 Å². The SMILES string of the molecule is CCCCN1CN=NN1. The van der Waals surface area contributed by atoms with Crippen molar-refractivity contribution in [3.05, 3.63) is 0 Å². The van der Waals surface area contributed by atoms with Gasteiger partial charge in [-0.1, -0.05) is 18.6 Å². The Morgan fingerprint density at radius 2 is 2.56 bits per heavy atom. The van der Waals surface area contributed by atoms with E-state index in [2.05, 4.69) is 22.8 Å². The molecule has 0 aromatic heterocycles. The number of nitrogens with one attached hydrogen (secondary N) is 1. The largest absolute Gasteiger partial charge is 0.220 e. The van der Waals surface area contributed by atoms with E-state index in [0.29, 0.717) is 6.67 Å². The lowest BCUT2D eigenvalue weighted by Gasteiger charge is -2.10. The highest BCUT2D eigenvalue weighted by Gasteiger charge is 2.04. The molecule has 0 atom stereocenters. The number of hydrogen-bond donors (Lipinski definition) is 1. The molecule has 0 radical (unpaired) electrons. The van der Waals surface area contributed by atoms with Crippen LogP contribution in [0.5, 0.6) is 0 Å². The van der Waals surface area contributed by atoms with Gasteiger partial charge in [0.25, 0.3) is 0 Å². The van der Waals surface area contributed by atoms with Crippen LogP contribution in [0.2, 0.25) is 0 Å². The standard InChI is InChI=1S/C5H12N4/c1-2-3-4-9-5-6-7-8-9/h2-5H2,1H3,(H,6,8). The van der Waals surface area contributed by atoms with Crippen LogP contribution < -0.4 is 5.53 Å². The number of rotatable bonds is 3. The first-order chi connectivity index (χ1) is 4.43. The van der Waals surface area contributed by atoms with E-state index in [9.17, 15) is 0 Å². The molecule has 0 spiro atoms. The number of unbranched alkanes of at least 4 members (excludes halogenated alkanes) is 1. The molecule has 1 heterocycles. The quantitative estimate of drug-likeness (QED) is 0.614. The van der Waals surface area contributed by atoms with Gasteiger partial charge in [-0.05, 0) is 6.42 Å². The number of hydrazine groups is 1. The molecule has 0 saturated carbocycles. The van der Waals surface area contributed by atoms with Gasteiger partial charge in [-0.15, -0.1) is 0 Å². The molecule has 1 N–H and O–H groups in total. The van der Waals surface area contributed by atoms with Crippen molar-refractivity contribution in [3.8, 4) is 0 Å². The lowest BCUT2D eigenvalue weighted by Crippen LogP contribution is -2.30. The van der Waals surface area contributed by atoms with Gasteiger partial charge < -0.3 is 0 Å². The van der Waals surface area contributed by atoms with Gasteiger partial charge in [0.05, 0.1) is 0 Å². The lowest BCUT2D eigenvalue weighted by molar-refractivity contribution is 0.233. The molecule has 4 nitrogen and oxygen atoms in total. The third-order valence-electron chi connectivity index (χ3n) is 1.27. The lowest BCUT2D eigenvalue weighted by atomic mass is 10.3. The third-order valence-corrected chi connectivity index (χ3v) is 1.27. The predicted octanol–water partition coefficient (Wildman–Crippen LogP) is 0.931. The second-order valence-corrected chi connectivity index (χ2v) is 2.10. The van der Waals surface area contributed by atoms with Gasteiger partial charge in [-0.25, -0.2) is 5.53 Å². The highest BCUT2D eigenvalue weighted by atomic mass is 15.8. The van der Waals surface area contributed by atoms with Gasteiger partial charge in [-0.3, -0.25) is 0 Å². The first kappa shape index (κ1) is 6.48. The normalized spacial score (nSPS) is 18.3. The van der Waals surface area contributed by atoms with Crippen LogP contribution in [0.25, 0.3) is 0 Å². The van der Waals surface area contributed by atoms with E-state index in [0.717, 1.165) is 6.54 Å². The van der Waals surface area contributed by atoms with Crippen LogP contribution >= 0.6 is 0 Å². The fourth-order valence-corrected chi connectivity index (χ4v) is 0.704. The summed E-state index contributed by atoms with van der Waals surface area (Å²) in [5.41, 5.74) is 2.78. The Morgan fingerprint density at radius 1 is 1.67 bits per heavy atom. The van der Waals surface area contributed by atoms with Crippen molar-refractivity contribution in [1.82, 2.24) is 10.5 Å². The summed E-state index contributed by atoms with van der Waals surface area (Å²) in [5, 5.41) is 9.37. The summed E-state index contributed by atoms with van der Waals surface area (Å²) in [7, 11) is 0. The molecule has 0 saturated heterocycles. The molecule has 1 aliphatic rings. The van der Waals surface area contributed by atoms with E-state index in [-0.39, 0.29) is 0 Å². The maximum absolute atomic E-state index is 3.76. The highest BCUT2D eigenvalue weighted by Crippen LogP contribution is 1.95. The van der Waals surface area contributed by atoms with Crippen LogP contribution in [0, 0.1) is 0 Å². The van der Waals surface area contributed by atoms with E-state index < -0.39 is 0 Å². The van der Waals surface area contributed by atoms with Crippen molar-refractivity contribution in [3.63, 3.8) is 0 Å². The molecule has 4 heteroatoms. The van der Waals surface area contributed by atoms with Crippen molar-refractivity contribution in [2.24, 2.45) is 10.3 Å². The summed E-state index contributed by atoms with van der Waals surface area (Å²) < 4.78 is 0. The van der Waals surface area contributed by atoms with Gasteiger partial charge in [0.2, 0.25) is 0 Å². The molecule has 0 amide bonds. The molecule has 0 aromatic carbocycles. The molecule has 9 heavy (non-hydrogen) atoms. The Labute approximate surface area is 54.9 Å². The summed E-state index contributed by atoms with van der Waals surface area (Å²) in [5.74, 6) is 0. The highest BCUT2D eigenvalue weighted by molar-refractivity contribution is 4.49. The topological polar surface area (TPSA) is 40.0 Å². The van der Waals surface area contributed by atoms with Crippen molar-refractivity contribution in [2.45, 2.75) is 19.8 Å². The van der Waals surface area contributed by atoms with Crippen molar-refractivity contribution in [1.29, 1.82) is 0 Å². The van der Waals surface area contributed by atoms with Gasteiger partial charge in [0.15, 0.2) is 0 Å². The molecule has 1 aliphatic heterocycles. The molecule has 0 bridgehead atoms. The van der Waals surface area contributed by atoms with Crippen LogP contribution in [0.15, 0.2) is 10.3 Å². The summed E-state index contributed by atoms with van der Waals surface area (Å²) in [6.45, 7) is 3.92. The van der Waals surface area contributed by atoms with Crippen molar-refractivity contribution >= 4 is 0 Å². The van der Waals surface area contributed by atoms with Crippen LogP contribution in [0.1, 0.15) is 19.8 Å². The first-order valence-electron chi connectivity index (χ1n) is 3.30. The Morgan fingerprint density at radius 3 is 3.11 bits per heavy atom. The van der Waals surface area contributed by atoms with Crippen LogP contribution in [-0.2, 0) is 0 Å². The Balaban J connectivity index is 2.01. The summed E-state index contributed by atoms with van der Waals surface area (Å²) in [6, 6.07) is 0. The fourth-order valence-electron chi connectivity index (χ4n) is 0.704. The minimum atomic E-state index is 0.708. The molecule has 0 aromatic rings. The van der Waals surface area contributed by atoms with Gasteiger partial charge >= 0.3 is 0 Å². The zero-order valence-electron chi connectivity index (χ0n) is 5.67. The average molecular weight is 128 g/mol. The number of hydrogen-bond acceptors (Lipinski definition) is 4. The van der Waals surface area contributed by atoms with Crippen molar-refractivity contribution in [2.75, 3.05) is 13.2 Å². The first-order valence-corrected chi connectivity index (χ1v) is 3.30. The molecule has 0 unspecified atom stereocenters. The average Bonchev–Trinajstić information content (AvgIpc) is 2.34.